The maximum absolute atomic E-state index is 12.2. The zero-order valence-corrected chi connectivity index (χ0v) is 15.3. The van der Waals surface area contributed by atoms with Gasteiger partial charge in [-0.3, -0.25) is 0 Å². The molecule has 0 saturated heterocycles. The molecule has 0 aliphatic carbocycles. The molecule has 1 N–H and O–H groups in total. The van der Waals surface area contributed by atoms with E-state index in [4.69, 9.17) is 4.84 Å². The van der Waals surface area contributed by atoms with Crippen molar-refractivity contribution < 1.29 is 9.63 Å². The van der Waals surface area contributed by atoms with Crippen molar-refractivity contribution in [2.45, 2.75) is 65.1 Å². The van der Waals surface area contributed by atoms with Crippen LogP contribution in [0.1, 0.15) is 57.1 Å². The van der Waals surface area contributed by atoms with Crippen molar-refractivity contribution in [2.75, 3.05) is 0 Å². The van der Waals surface area contributed by atoms with E-state index in [1.165, 1.54) is 41.2 Å². The third kappa shape index (κ3) is 4.51. The fourth-order valence-corrected chi connectivity index (χ4v) is 3.56. The number of carbonyl (C=O) groups is 1. The summed E-state index contributed by atoms with van der Waals surface area (Å²) in [5.74, 6) is 0. The molecule has 2 aromatic carbocycles. The van der Waals surface area contributed by atoms with Crippen LogP contribution in [0.25, 0.3) is 10.8 Å². The Morgan fingerprint density at radius 1 is 1.12 bits per heavy atom. The molecule has 1 unspecified atom stereocenters. The number of rotatable bonds is 7. The Morgan fingerprint density at radius 3 is 2.44 bits per heavy atom. The Kier molecular flexibility index (Phi) is 5.92. The summed E-state index contributed by atoms with van der Waals surface area (Å²) in [6.07, 6.45) is 5.51. The molecule has 4 nitrogen and oxygen atoms in total. The smallest absolute Gasteiger partial charge is 0.350 e. The normalized spacial score (nSPS) is 15.1. The minimum atomic E-state index is -0.352. The second-order valence-electron chi connectivity index (χ2n) is 7.00. The van der Waals surface area contributed by atoms with Gasteiger partial charge >= 0.3 is 6.09 Å². The Balaban J connectivity index is 1.53. The molecular weight excluding hydrogens is 312 g/mol. The summed E-state index contributed by atoms with van der Waals surface area (Å²) in [5, 5.41) is 7.25. The molecule has 1 atom stereocenters. The second-order valence-corrected chi connectivity index (χ2v) is 7.00. The molecule has 0 fully saturated rings. The second kappa shape index (κ2) is 8.34. The molecule has 0 radical (unpaired) electrons. The number of hydroxylamine groups is 2. The Bertz CT molecular complexity index is 688. The van der Waals surface area contributed by atoms with Gasteiger partial charge in [-0.25, -0.2) is 4.79 Å². The maximum atomic E-state index is 12.2. The van der Waals surface area contributed by atoms with Gasteiger partial charge in [0, 0.05) is 6.04 Å². The van der Waals surface area contributed by atoms with Gasteiger partial charge in [-0.15, -0.1) is 5.06 Å². The number of nitrogens with one attached hydrogen (secondary N) is 1. The van der Waals surface area contributed by atoms with Crippen LogP contribution in [-0.2, 0) is 17.9 Å². The molecule has 3 rings (SSSR count). The van der Waals surface area contributed by atoms with E-state index < -0.39 is 0 Å². The van der Waals surface area contributed by atoms with Crippen LogP contribution >= 0.6 is 0 Å². The van der Waals surface area contributed by atoms with E-state index >= 15 is 0 Å². The number of carbonyl (C=O) groups excluding carboxylic acids is 1. The van der Waals surface area contributed by atoms with E-state index in [1.807, 2.05) is 6.92 Å². The highest BCUT2D eigenvalue weighted by Gasteiger charge is 2.21. The Hall–Kier alpha value is -2.07. The lowest BCUT2D eigenvalue weighted by molar-refractivity contribution is -0.117. The quantitative estimate of drug-likeness (QED) is 0.708. The minimum absolute atomic E-state index is 0.143. The molecule has 0 spiro atoms. The van der Waals surface area contributed by atoms with Gasteiger partial charge in [-0.2, -0.15) is 0 Å². The van der Waals surface area contributed by atoms with Gasteiger partial charge in [0.2, 0.25) is 0 Å². The van der Waals surface area contributed by atoms with Gasteiger partial charge in [0.05, 0.1) is 13.1 Å². The van der Waals surface area contributed by atoms with Crippen molar-refractivity contribution in [3.63, 3.8) is 0 Å². The van der Waals surface area contributed by atoms with E-state index in [0.717, 1.165) is 12.8 Å². The highest BCUT2D eigenvalue weighted by molar-refractivity contribution is 5.89. The topological polar surface area (TPSA) is 41.6 Å². The summed E-state index contributed by atoms with van der Waals surface area (Å²) >= 11 is 0. The van der Waals surface area contributed by atoms with E-state index in [-0.39, 0.29) is 12.1 Å². The molecular formula is C21H28N2O2. The molecule has 1 aliphatic heterocycles. The van der Waals surface area contributed by atoms with Gasteiger partial charge < -0.3 is 10.2 Å². The molecule has 1 aliphatic rings. The molecule has 1 amide bonds. The Labute approximate surface area is 150 Å². The number of nitrogens with zero attached hydrogens (tertiary/aromatic N) is 1. The zero-order valence-electron chi connectivity index (χ0n) is 15.3. The lowest BCUT2D eigenvalue weighted by atomic mass is 9.96. The van der Waals surface area contributed by atoms with Crippen LogP contribution in [0.2, 0.25) is 0 Å². The molecule has 0 aromatic heterocycles. The van der Waals surface area contributed by atoms with Crippen LogP contribution < -0.4 is 5.32 Å². The van der Waals surface area contributed by atoms with Crippen LogP contribution in [0.5, 0.6) is 0 Å². The van der Waals surface area contributed by atoms with E-state index in [1.54, 1.807) is 5.06 Å². The van der Waals surface area contributed by atoms with Crippen molar-refractivity contribution in [1.29, 1.82) is 0 Å². The summed E-state index contributed by atoms with van der Waals surface area (Å²) in [4.78, 5) is 17.8. The van der Waals surface area contributed by atoms with Crippen LogP contribution in [0, 0.1) is 0 Å². The van der Waals surface area contributed by atoms with E-state index in [0.29, 0.717) is 13.1 Å². The Morgan fingerprint density at radius 2 is 1.80 bits per heavy atom. The molecule has 1 heterocycles. The van der Waals surface area contributed by atoms with Gasteiger partial charge in [-0.1, -0.05) is 69.0 Å². The average molecular weight is 340 g/mol. The summed E-state index contributed by atoms with van der Waals surface area (Å²) in [6.45, 7) is 5.51. The van der Waals surface area contributed by atoms with Crippen molar-refractivity contribution in [2.24, 2.45) is 0 Å². The largest absolute Gasteiger partial charge is 0.426 e. The van der Waals surface area contributed by atoms with Gasteiger partial charge in [0.25, 0.3) is 0 Å². The summed E-state index contributed by atoms with van der Waals surface area (Å²) in [6, 6.07) is 12.7. The van der Waals surface area contributed by atoms with Gasteiger partial charge in [0.15, 0.2) is 0 Å². The number of hydrogen-bond donors (Lipinski definition) is 1. The molecule has 0 bridgehead atoms. The minimum Gasteiger partial charge on any atom is -0.350 e. The maximum Gasteiger partial charge on any atom is 0.426 e. The van der Waals surface area contributed by atoms with Crippen LogP contribution in [0.4, 0.5) is 4.79 Å². The summed E-state index contributed by atoms with van der Waals surface area (Å²) in [7, 11) is 0. The zero-order chi connectivity index (χ0) is 17.6. The first-order valence-electron chi connectivity index (χ1n) is 9.40. The van der Waals surface area contributed by atoms with Crippen LogP contribution in [-0.4, -0.2) is 17.2 Å². The van der Waals surface area contributed by atoms with Crippen molar-refractivity contribution in [3.8, 4) is 0 Å². The predicted octanol–water partition coefficient (Wildman–Crippen LogP) is 5.16. The number of benzene rings is 2. The third-order valence-electron chi connectivity index (χ3n) is 4.84. The SMILES string of the molecule is CCCCCCC(C)NC(=O)ON1Cc2cccc3cccc(c23)C1. The monoisotopic (exact) mass is 340 g/mol. The van der Waals surface area contributed by atoms with Crippen molar-refractivity contribution in [1.82, 2.24) is 10.4 Å². The highest BCUT2D eigenvalue weighted by atomic mass is 16.7. The fourth-order valence-electron chi connectivity index (χ4n) is 3.56. The van der Waals surface area contributed by atoms with Crippen LogP contribution in [0.3, 0.4) is 0 Å². The highest BCUT2D eigenvalue weighted by Crippen LogP contribution is 2.29. The van der Waals surface area contributed by atoms with Gasteiger partial charge in [0.1, 0.15) is 0 Å². The molecule has 25 heavy (non-hydrogen) atoms. The summed E-state index contributed by atoms with van der Waals surface area (Å²) < 4.78 is 0. The van der Waals surface area contributed by atoms with Crippen molar-refractivity contribution in [3.05, 3.63) is 47.5 Å². The molecule has 0 saturated carbocycles. The first kappa shape index (κ1) is 17.7. The number of amides is 1. The van der Waals surface area contributed by atoms with Gasteiger partial charge in [-0.05, 0) is 35.2 Å². The average Bonchev–Trinajstić information content (AvgIpc) is 2.59. The van der Waals surface area contributed by atoms with E-state index in [2.05, 4.69) is 48.6 Å². The number of hydrogen-bond acceptors (Lipinski definition) is 3. The number of unbranched alkanes of at least 4 members (excludes halogenated alkanes) is 3. The lowest BCUT2D eigenvalue weighted by Crippen LogP contribution is -2.38. The molecule has 4 heteroatoms. The fraction of sp³-hybridized carbons (Fsp3) is 0.476. The van der Waals surface area contributed by atoms with Crippen molar-refractivity contribution >= 4 is 16.9 Å². The lowest BCUT2D eigenvalue weighted by Gasteiger charge is -2.28. The first-order chi connectivity index (χ1) is 12.2. The predicted molar refractivity (Wildman–Crippen MR) is 101 cm³/mol. The molecule has 134 valence electrons. The summed E-state index contributed by atoms with van der Waals surface area (Å²) in [5.41, 5.74) is 2.42. The van der Waals surface area contributed by atoms with E-state index in [9.17, 15) is 4.79 Å². The van der Waals surface area contributed by atoms with Crippen LogP contribution in [0.15, 0.2) is 36.4 Å². The third-order valence-corrected chi connectivity index (χ3v) is 4.84. The first-order valence-corrected chi connectivity index (χ1v) is 9.40. The molecule has 2 aromatic rings. The standard InChI is InChI=1S/C21H28N2O2/c1-3-4-5-6-9-16(2)22-21(24)25-23-14-18-12-7-10-17-11-8-13-19(15-23)20(17)18/h7-8,10-13,16H,3-6,9,14-15H2,1-2H3,(H,22,24).